The first kappa shape index (κ1) is 18.2. The van der Waals surface area contributed by atoms with Crippen molar-refractivity contribution < 1.29 is 4.79 Å². The number of benzene rings is 2. The van der Waals surface area contributed by atoms with E-state index in [9.17, 15) is 4.79 Å². The first-order valence-electron chi connectivity index (χ1n) is 7.86. The Kier molecular flexibility index (Phi) is 5.40. The van der Waals surface area contributed by atoms with Crippen molar-refractivity contribution in [2.75, 3.05) is 10.6 Å². The molecule has 7 heteroatoms. The second-order valence-electron chi connectivity index (χ2n) is 5.73. The maximum absolute atomic E-state index is 11.4. The Hall–Kier alpha value is -2.63. The van der Waals surface area contributed by atoms with Crippen molar-refractivity contribution in [2.45, 2.75) is 13.8 Å². The molecular weight excluding hydrogens is 371 g/mol. The number of hydrogen-bond donors (Lipinski definition) is 2. The molecule has 0 spiro atoms. The molecule has 5 nitrogen and oxygen atoms in total. The van der Waals surface area contributed by atoms with E-state index in [0.717, 1.165) is 11.4 Å². The normalized spacial score (nSPS) is 10.5. The summed E-state index contributed by atoms with van der Waals surface area (Å²) in [5.74, 6) is 1.87. The largest absolute Gasteiger partial charge is 0.340 e. The minimum atomic E-state index is 0.0288. The predicted molar refractivity (Wildman–Crippen MR) is 106 cm³/mol. The molecule has 3 aromatic rings. The van der Waals surface area contributed by atoms with Gasteiger partial charge in [-0.3, -0.25) is 4.79 Å². The minimum Gasteiger partial charge on any atom is -0.340 e. The van der Waals surface area contributed by atoms with Gasteiger partial charge in [0.05, 0.1) is 0 Å². The van der Waals surface area contributed by atoms with Crippen LogP contribution in [0.15, 0.2) is 48.5 Å². The molecule has 2 N–H and O–H groups in total. The highest BCUT2D eigenvalue weighted by Crippen LogP contribution is 2.26. The van der Waals surface area contributed by atoms with Gasteiger partial charge in [0, 0.05) is 33.0 Å². The van der Waals surface area contributed by atoms with Crippen molar-refractivity contribution in [2.24, 2.45) is 0 Å². The monoisotopic (exact) mass is 386 g/mol. The Labute approximate surface area is 161 Å². The molecule has 0 fully saturated rings. The number of carbonyl (C=O) groups excluding carboxylic acids is 1. The zero-order valence-corrected chi connectivity index (χ0v) is 15.7. The van der Waals surface area contributed by atoms with E-state index in [-0.39, 0.29) is 5.78 Å². The third kappa shape index (κ3) is 4.71. The predicted octanol–water partition coefficient (Wildman–Crippen LogP) is 5.78. The molecule has 0 aliphatic rings. The maximum Gasteiger partial charge on any atom is 0.159 e. The van der Waals surface area contributed by atoms with Crippen LogP contribution < -0.4 is 10.6 Å². The van der Waals surface area contributed by atoms with Crippen LogP contribution in [0.2, 0.25) is 10.0 Å². The molecule has 132 valence electrons. The molecule has 0 radical (unpaired) electrons. The minimum absolute atomic E-state index is 0.0288. The highest BCUT2D eigenvalue weighted by Gasteiger charge is 2.06. The van der Waals surface area contributed by atoms with Gasteiger partial charge in [0.15, 0.2) is 5.78 Å². The highest BCUT2D eigenvalue weighted by molar-refractivity contribution is 6.35. The van der Waals surface area contributed by atoms with E-state index in [1.807, 2.05) is 12.1 Å². The van der Waals surface area contributed by atoms with Gasteiger partial charge in [-0.15, -0.1) is 0 Å². The average molecular weight is 387 g/mol. The number of ketones is 1. The number of nitrogens with zero attached hydrogens (tertiary/aromatic N) is 2. The molecule has 0 atom stereocenters. The first-order valence-corrected chi connectivity index (χ1v) is 8.61. The van der Waals surface area contributed by atoms with E-state index >= 15 is 0 Å². The van der Waals surface area contributed by atoms with Gasteiger partial charge in [-0.1, -0.05) is 23.2 Å². The molecule has 2 aromatic carbocycles. The van der Waals surface area contributed by atoms with Crippen LogP contribution in [-0.4, -0.2) is 15.8 Å². The van der Waals surface area contributed by atoms with Crippen LogP contribution in [0.25, 0.3) is 0 Å². The molecule has 0 aliphatic carbocycles. The molecule has 0 bridgehead atoms. The van der Waals surface area contributed by atoms with E-state index in [2.05, 4.69) is 20.6 Å². The number of Topliss-reactive ketones (excluding diaryl/α,β-unsaturated/α-hetero) is 1. The number of nitrogens with one attached hydrogen (secondary N) is 2. The molecule has 0 saturated carbocycles. The summed E-state index contributed by atoms with van der Waals surface area (Å²) in [7, 11) is 0. The van der Waals surface area contributed by atoms with Crippen molar-refractivity contribution >= 4 is 52.0 Å². The van der Waals surface area contributed by atoms with Crippen LogP contribution in [0.4, 0.5) is 23.0 Å². The van der Waals surface area contributed by atoms with Crippen molar-refractivity contribution in [1.29, 1.82) is 0 Å². The van der Waals surface area contributed by atoms with E-state index in [1.165, 1.54) is 6.92 Å². The molecule has 0 aliphatic heterocycles. The Balaban J connectivity index is 1.82. The second kappa shape index (κ2) is 7.72. The Morgan fingerprint density at radius 2 is 1.38 bits per heavy atom. The quantitative estimate of drug-likeness (QED) is 0.543. The lowest BCUT2D eigenvalue weighted by Gasteiger charge is -2.11. The van der Waals surface area contributed by atoms with E-state index < -0.39 is 0 Å². The summed E-state index contributed by atoms with van der Waals surface area (Å²) in [5, 5.41) is 7.45. The van der Waals surface area contributed by atoms with Crippen LogP contribution in [0, 0.1) is 6.92 Å². The lowest BCUT2D eigenvalue weighted by Crippen LogP contribution is -2.02. The van der Waals surface area contributed by atoms with Crippen molar-refractivity contribution in [3.8, 4) is 0 Å². The smallest absolute Gasteiger partial charge is 0.159 e. The number of halogens is 2. The number of anilines is 4. The lowest BCUT2D eigenvalue weighted by atomic mass is 10.1. The molecule has 3 rings (SSSR count). The van der Waals surface area contributed by atoms with Gasteiger partial charge in [0.1, 0.15) is 17.5 Å². The molecule has 1 heterocycles. The van der Waals surface area contributed by atoms with Crippen LogP contribution in [0.3, 0.4) is 0 Å². The molecular formula is C19H16Cl2N4O. The molecule has 0 amide bonds. The second-order valence-corrected chi connectivity index (χ2v) is 6.60. The van der Waals surface area contributed by atoms with E-state index in [1.54, 1.807) is 43.3 Å². The summed E-state index contributed by atoms with van der Waals surface area (Å²) in [4.78, 5) is 20.1. The van der Waals surface area contributed by atoms with Gasteiger partial charge in [0.2, 0.25) is 0 Å². The fourth-order valence-corrected chi connectivity index (χ4v) is 2.93. The molecule has 0 unspecified atom stereocenters. The summed E-state index contributed by atoms with van der Waals surface area (Å²) < 4.78 is 0. The number of aromatic nitrogens is 2. The van der Waals surface area contributed by atoms with Gasteiger partial charge in [-0.2, -0.15) is 0 Å². The summed E-state index contributed by atoms with van der Waals surface area (Å²) >= 11 is 12.1. The highest BCUT2D eigenvalue weighted by atomic mass is 35.5. The number of carbonyl (C=O) groups is 1. The lowest BCUT2D eigenvalue weighted by molar-refractivity contribution is 0.101. The van der Waals surface area contributed by atoms with Crippen LogP contribution in [0.1, 0.15) is 23.1 Å². The van der Waals surface area contributed by atoms with Crippen molar-refractivity contribution in [3.63, 3.8) is 0 Å². The zero-order valence-electron chi connectivity index (χ0n) is 14.2. The Bertz CT molecular complexity index is 938. The summed E-state index contributed by atoms with van der Waals surface area (Å²) in [5.41, 5.74) is 2.22. The van der Waals surface area contributed by atoms with E-state index in [0.29, 0.717) is 33.1 Å². The van der Waals surface area contributed by atoms with Gasteiger partial charge < -0.3 is 10.6 Å². The van der Waals surface area contributed by atoms with Gasteiger partial charge in [-0.25, -0.2) is 9.97 Å². The zero-order chi connectivity index (χ0) is 18.7. The fourth-order valence-electron chi connectivity index (χ4n) is 2.41. The van der Waals surface area contributed by atoms with Crippen LogP contribution in [-0.2, 0) is 0 Å². The van der Waals surface area contributed by atoms with Crippen LogP contribution >= 0.6 is 23.2 Å². The number of aryl methyl sites for hydroxylation is 1. The topological polar surface area (TPSA) is 66.9 Å². The van der Waals surface area contributed by atoms with Gasteiger partial charge >= 0.3 is 0 Å². The summed E-state index contributed by atoms with van der Waals surface area (Å²) in [6, 6.07) is 14.2. The van der Waals surface area contributed by atoms with Crippen molar-refractivity contribution in [1.82, 2.24) is 9.97 Å². The Morgan fingerprint density at radius 3 is 1.92 bits per heavy atom. The fraction of sp³-hybridized carbons (Fsp3) is 0.105. The van der Waals surface area contributed by atoms with E-state index in [4.69, 9.17) is 23.2 Å². The van der Waals surface area contributed by atoms with Crippen LogP contribution in [0.5, 0.6) is 0 Å². The standard InChI is InChI=1S/C19H16Cl2N4O/c1-11(26)13-3-5-16(6-4-13)24-18-10-19(23-12(2)22-18)25-17-8-14(20)7-15(21)9-17/h3-10H,1-2H3,(H2,22,23,24,25). The van der Waals surface area contributed by atoms with Crippen molar-refractivity contribution in [3.05, 3.63) is 70.0 Å². The number of rotatable bonds is 5. The maximum atomic E-state index is 11.4. The first-order chi connectivity index (χ1) is 12.4. The summed E-state index contributed by atoms with van der Waals surface area (Å²) in [6.07, 6.45) is 0. The Morgan fingerprint density at radius 1 is 0.846 bits per heavy atom. The molecule has 26 heavy (non-hydrogen) atoms. The average Bonchev–Trinajstić information content (AvgIpc) is 2.53. The third-order valence-corrected chi connectivity index (χ3v) is 3.97. The van der Waals surface area contributed by atoms with Gasteiger partial charge in [0.25, 0.3) is 0 Å². The summed E-state index contributed by atoms with van der Waals surface area (Å²) in [6.45, 7) is 3.34. The van der Waals surface area contributed by atoms with Gasteiger partial charge in [-0.05, 0) is 56.3 Å². The SMILES string of the molecule is CC(=O)c1ccc(Nc2cc(Nc3cc(Cl)cc(Cl)c3)nc(C)n2)cc1. The number of hydrogen-bond acceptors (Lipinski definition) is 5. The molecule has 0 saturated heterocycles. The molecule has 1 aromatic heterocycles. The third-order valence-electron chi connectivity index (χ3n) is 3.54.